The topological polar surface area (TPSA) is 43.8 Å². The summed E-state index contributed by atoms with van der Waals surface area (Å²) in [7, 11) is 0. The van der Waals surface area contributed by atoms with Crippen LogP contribution in [0.4, 0.5) is 0 Å². The molecular formula is C14H19N3. The van der Waals surface area contributed by atoms with Gasteiger partial charge in [-0.3, -0.25) is 0 Å². The van der Waals surface area contributed by atoms with E-state index >= 15 is 0 Å². The quantitative estimate of drug-likeness (QED) is 0.822. The van der Waals surface area contributed by atoms with Crippen LogP contribution in [-0.4, -0.2) is 9.55 Å². The molecule has 0 fully saturated rings. The summed E-state index contributed by atoms with van der Waals surface area (Å²) in [4.78, 5) is 4.62. The fraction of sp³-hybridized carbons (Fsp3) is 0.357. The molecule has 3 nitrogen and oxygen atoms in total. The summed E-state index contributed by atoms with van der Waals surface area (Å²) in [5.41, 5.74) is 10.4. The number of rotatable bonds is 3. The highest BCUT2D eigenvalue weighted by atomic mass is 15.1. The van der Waals surface area contributed by atoms with Crippen molar-refractivity contribution < 1.29 is 0 Å². The van der Waals surface area contributed by atoms with Gasteiger partial charge in [-0.05, 0) is 38.5 Å². The molecule has 1 aromatic carbocycles. The zero-order valence-electron chi connectivity index (χ0n) is 10.7. The van der Waals surface area contributed by atoms with Crippen molar-refractivity contribution in [2.75, 3.05) is 0 Å². The zero-order valence-corrected chi connectivity index (χ0v) is 10.7. The first-order chi connectivity index (χ1) is 7.99. The van der Waals surface area contributed by atoms with Gasteiger partial charge < -0.3 is 10.3 Å². The first-order valence-corrected chi connectivity index (χ1v) is 5.86. The van der Waals surface area contributed by atoms with E-state index in [1.807, 2.05) is 13.8 Å². The van der Waals surface area contributed by atoms with E-state index in [1.165, 1.54) is 5.56 Å². The van der Waals surface area contributed by atoms with Crippen molar-refractivity contribution in [3.8, 4) is 0 Å². The second-order valence-corrected chi connectivity index (χ2v) is 4.79. The molecule has 1 aromatic heterocycles. The molecule has 17 heavy (non-hydrogen) atoms. The summed E-state index contributed by atoms with van der Waals surface area (Å²) >= 11 is 0. The predicted molar refractivity (Wildman–Crippen MR) is 71.9 cm³/mol. The van der Waals surface area contributed by atoms with E-state index in [-0.39, 0.29) is 6.04 Å². The minimum Gasteiger partial charge on any atom is -0.323 e. The number of nitrogens with two attached hydrogens (primary N) is 1. The van der Waals surface area contributed by atoms with Crippen molar-refractivity contribution >= 4 is 11.0 Å². The first-order valence-electron chi connectivity index (χ1n) is 5.86. The normalized spacial score (nSPS) is 12.9. The smallest absolute Gasteiger partial charge is 0.126 e. The molecule has 2 rings (SSSR count). The zero-order chi connectivity index (χ0) is 12.6. The molecule has 2 aromatic rings. The van der Waals surface area contributed by atoms with Crippen LogP contribution in [0.1, 0.15) is 31.3 Å². The Morgan fingerprint density at radius 2 is 2.24 bits per heavy atom. The molecule has 90 valence electrons. The molecule has 1 atom stereocenters. The number of imidazole rings is 1. The number of fused-ring (bicyclic) bond motifs is 1. The van der Waals surface area contributed by atoms with Gasteiger partial charge in [-0.15, -0.1) is 0 Å². The van der Waals surface area contributed by atoms with Gasteiger partial charge in [-0.1, -0.05) is 18.2 Å². The number of hydrogen-bond acceptors (Lipinski definition) is 2. The number of benzene rings is 1. The molecule has 1 unspecified atom stereocenters. The van der Waals surface area contributed by atoms with Crippen LogP contribution in [0.25, 0.3) is 11.0 Å². The van der Waals surface area contributed by atoms with E-state index in [9.17, 15) is 0 Å². The Morgan fingerprint density at radius 1 is 1.53 bits per heavy atom. The molecule has 0 aliphatic rings. The third kappa shape index (κ3) is 2.24. The van der Waals surface area contributed by atoms with E-state index in [2.05, 4.69) is 41.3 Å². The Morgan fingerprint density at radius 3 is 2.82 bits per heavy atom. The number of aryl methyl sites for hydroxylation is 1. The van der Waals surface area contributed by atoms with Crippen LogP contribution in [0.3, 0.4) is 0 Å². The standard InChI is InChI=1S/C14H19N3/c1-9(2)8-17-13-6-5-10(3)7-12(13)16-14(17)11(4)15/h5-7,11H,1,8,15H2,2-4H3. The summed E-state index contributed by atoms with van der Waals surface area (Å²) in [5, 5.41) is 0. The second kappa shape index (κ2) is 4.34. The van der Waals surface area contributed by atoms with Crippen LogP contribution >= 0.6 is 0 Å². The van der Waals surface area contributed by atoms with E-state index in [1.54, 1.807) is 0 Å². The fourth-order valence-electron chi connectivity index (χ4n) is 2.04. The molecule has 0 aliphatic heterocycles. The van der Waals surface area contributed by atoms with Crippen molar-refractivity contribution in [2.24, 2.45) is 5.73 Å². The largest absolute Gasteiger partial charge is 0.323 e. The van der Waals surface area contributed by atoms with Crippen LogP contribution in [0.15, 0.2) is 30.4 Å². The molecule has 2 N–H and O–H groups in total. The van der Waals surface area contributed by atoms with E-state index in [0.717, 1.165) is 29.0 Å². The third-order valence-corrected chi connectivity index (χ3v) is 2.77. The molecule has 3 heteroatoms. The van der Waals surface area contributed by atoms with Gasteiger partial charge in [0.25, 0.3) is 0 Å². The van der Waals surface area contributed by atoms with Crippen LogP contribution in [0.2, 0.25) is 0 Å². The van der Waals surface area contributed by atoms with Gasteiger partial charge in [-0.2, -0.15) is 0 Å². The van der Waals surface area contributed by atoms with Gasteiger partial charge in [-0.25, -0.2) is 4.98 Å². The van der Waals surface area contributed by atoms with Crippen LogP contribution in [0.5, 0.6) is 0 Å². The average molecular weight is 229 g/mol. The summed E-state index contributed by atoms with van der Waals surface area (Å²) in [6, 6.07) is 6.23. The molecule has 0 amide bonds. The number of aromatic nitrogens is 2. The molecule has 0 spiro atoms. The van der Waals surface area contributed by atoms with E-state index in [4.69, 9.17) is 5.73 Å². The molecule has 0 saturated carbocycles. The highest BCUT2D eigenvalue weighted by molar-refractivity contribution is 5.77. The number of nitrogens with zero attached hydrogens (tertiary/aromatic N) is 2. The Balaban J connectivity index is 2.66. The van der Waals surface area contributed by atoms with Gasteiger partial charge in [0.15, 0.2) is 0 Å². The maximum absolute atomic E-state index is 5.98. The molecule has 1 heterocycles. The van der Waals surface area contributed by atoms with Gasteiger partial charge in [0.05, 0.1) is 17.1 Å². The minimum atomic E-state index is -0.0675. The lowest BCUT2D eigenvalue weighted by Gasteiger charge is -2.11. The summed E-state index contributed by atoms with van der Waals surface area (Å²) in [5.74, 6) is 0.925. The SMILES string of the molecule is C=C(C)Cn1c(C(C)N)nc2cc(C)ccc21. The lowest BCUT2D eigenvalue weighted by atomic mass is 10.2. The van der Waals surface area contributed by atoms with Crippen molar-refractivity contribution in [2.45, 2.75) is 33.4 Å². The second-order valence-electron chi connectivity index (χ2n) is 4.79. The Hall–Kier alpha value is -1.61. The van der Waals surface area contributed by atoms with Crippen molar-refractivity contribution in [3.05, 3.63) is 41.7 Å². The lowest BCUT2D eigenvalue weighted by Crippen LogP contribution is -2.14. The Bertz CT molecular complexity index is 564. The van der Waals surface area contributed by atoms with Crippen molar-refractivity contribution in [1.82, 2.24) is 9.55 Å². The first kappa shape index (κ1) is 11.9. The van der Waals surface area contributed by atoms with Crippen LogP contribution in [-0.2, 0) is 6.54 Å². The third-order valence-electron chi connectivity index (χ3n) is 2.77. The van der Waals surface area contributed by atoms with E-state index in [0.29, 0.717) is 0 Å². The minimum absolute atomic E-state index is 0.0675. The van der Waals surface area contributed by atoms with Gasteiger partial charge in [0.1, 0.15) is 5.82 Å². The molecule has 0 radical (unpaired) electrons. The molecular weight excluding hydrogens is 210 g/mol. The summed E-state index contributed by atoms with van der Waals surface area (Å²) in [6.45, 7) is 10.8. The lowest BCUT2D eigenvalue weighted by molar-refractivity contribution is 0.660. The number of allylic oxidation sites excluding steroid dienone is 1. The van der Waals surface area contributed by atoms with Crippen LogP contribution in [0, 0.1) is 6.92 Å². The van der Waals surface area contributed by atoms with Gasteiger partial charge >= 0.3 is 0 Å². The fourth-order valence-corrected chi connectivity index (χ4v) is 2.04. The highest BCUT2D eigenvalue weighted by Gasteiger charge is 2.13. The molecule has 0 saturated heterocycles. The van der Waals surface area contributed by atoms with Crippen molar-refractivity contribution in [3.63, 3.8) is 0 Å². The molecule has 0 bridgehead atoms. The number of hydrogen-bond donors (Lipinski definition) is 1. The van der Waals surface area contributed by atoms with Crippen molar-refractivity contribution in [1.29, 1.82) is 0 Å². The maximum Gasteiger partial charge on any atom is 0.126 e. The molecule has 0 aliphatic carbocycles. The Labute approximate surface area is 102 Å². The van der Waals surface area contributed by atoms with E-state index < -0.39 is 0 Å². The van der Waals surface area contributed by atoms with Gasteiger partial charge in [0, 0.05) is 6.54 Å². The predicted octanol–water partition coefficient (Wildman–Crippen LogP) is 2.94. The summed E-state index contributed by atoms with van der Waals surface area (Å²) in [6.07, 6.45) is 0. The maximum atomic E-state index is 5.98. The average Bonchev–Trinajstić information content (AvgIpc) is 2.55. The Kier molecular flexibility index (Phi) is 3.03. The monoisotopic (exact) mass is 229 g/mol. The summed E-state index contributed by atoms with van der Waals surface area (Å²) < 4.78 is 2.15. The van der Waals surface area contributed by atoms with Crippen LogP contribution < -0.4 is 5.73 Å². The van der Waals surface area contributed by atoms with Gasteiger partial charge in [0.2, 0.25) is 0 Å². The highest BCUT2D eigenvalue weighted by Crippen LogP contribution is 2.21.